The Bertz CT molecular complexity index is 557. The second-order valence-corrected chi connectivity index (χ2v) is 4.41. The molecule has 2 aromatic rings. The Labute approximate surface area is 112 Å². The molecule has 5 heteroatoms. The van der Waals surface area contributed by atoms with Crippen molar-refractivity contribution in [1.29, 1.82) is 0 Å². The molecule has 1 heterocycles. The topological polar surface area (TPSA) is 76.4 Å². The van der Waals surface area contributed by atoms with Crippen molar-refractivity contribution in [2.75, 3.05) is 5.73 Å². The predicted molar refractivity (Wildman–Crippen MR) is 75.4 cm³/mol. The van der Waals surface area contributed by atoms with Crippen LogP contribution in [0.3, 0.4) is 0 Å². The van der Waals surface area contributed by atoms with Crippen molar-refractivity contribution in [2.24, 2.45) is 5.16 Å². The third kappa shape index (κ3) is 3.13. The Morgan fingerprint density at radius 1 is 1.37 bits per heavy atom. The molecular weight excluding hydrogens is 240 g/mol. The first-order chi connectivity index (χ1) is 9.24. The molecule has 2 rings (SSSR count). The average molecular weight is 258 g/mol. The van der Waals surface area contributed by atoms with Gasteiger partial charge in [0.05, 0.1) is 0 Å². The molecule has 0 saturated carbocycles. The molecule has 19 heavy (non-hydrogen) atoms. The summed E-state index contributed by atoms with van der Waals surface area (Å²) in [6.45, 7) is 2.95. The predicted octanol–water partition coefficient (Wildman–Crippen LogP) is 2.30. The number of aryl methyl sites for hydroxylation is 1. The lowest BCUT2D eigenvalue weighted by molar-refractivity contribution is 0.317. The van der Waals surface area contributed by atoms with Crippen LogP contribution in [0.15, 0.2) is 41.8 Å². The highest BCUT2D eigenvalue weighted by molar-refractivity contribution is 5.98. The van der Waals surface area contributed by atoms with Crippen LogP contribution in [0.2, 0.25) is 0 Å². The quantitative estimate of drug-likeness (QED) is 0.374. The summed E-state index contributed by atoms with van der Waals surface area (Å²) in [7, 11) is 0. The summed E-state index contributed by atoms with van der Waals surface area (Å²) >= 11 is 0. The second kappa shape index (κ2) is 6.04. The number of nitrogens with zero attached hydrogens (tertiary/aromatic N) is 3. The molecule has 0 aliphatic rings. The van der Waals surface area contributed by atoms with Crippen LogP contribution >= 0.6 is 0 Å². The van der Waals surface area contributed by atoms with E-state index < -0.39 is 0 Å². The summed E-state index contributed by atoms with van der Waals surface area (Å²) in [5.41, 5.74) is 7.97. The van der Waals surface area contributed by atoms with Gasteiger partial charge >= 0.3 is 0 Å². The molecule has 0 saturated heterocycles. The Morgan fingerprint density at radius 3 is 2.74 bits per heavy atom. The number of nitrogen functional groups attached to an aromatic ring is 1. The van der Waals surface area contributed by atoms with Gasteiger partial charge in [-0.3, -0.25) is 0 Å². The molecule has 0 aliphatic carbocycles. The van der Waals surface area contributed by atoms with Gasteiger partial charge in [0.25, 0.3) is 0 Å². The van der Waals surface area contributed by atoms with Crippen molar-refractivity contribution < 1.29 is 5.21 Å². The van der Waals surface area contributed by atoms with Gasteiger partial charge in [-0.1, -0.05) is 24.2 Å². The maximum absolute atomic E-state index is 9.22. The molecule has 0 fully saturated rings. The normalized spacial score (nSPS) is 11.7. The van der Waals surface area contributed by atoms with Crippen LogP contribution in [0.5, 0.6) is 0 Å². The summed E-state index contributed by atoms with van der Waals surface area (Å²) < 4.78 is 1.99. The highest BCUT2D eigenvalue weighted by atomic mass is 16.4. The lowest BCUT2D eigenvalue weighted by atomic mass is 10.1. The maximum Gasteiger partial charge on any atom is 0.158 e. The highest BCUT2D eigenvalue weighted by Crippen LogP contribution is 2.10. The standard InChI is InChI=1S/C14H18N4O/c1-2-8-18-9-7-16-14(18)13(17-19)10-11-3-5-12(15)6-4-11/h3-7,9,19H,2,8,10,15H2,1H3. The fraction of sp³-hybridized carbons (Fsp3) is 0.286. The Kier molecular flexibility index (Phi) is 4.18. The Balaban J connectivity index is 2.21. The lowest BCUT2D eigenvalue weighted by Crippen LogP contribution is -2.13. The molecule has 0 atom stereocenters. The lowest BCUT2D eigenvalue weighted by Gasteiger charge is -2.08. The van der Waals surface area contributed by atoms with E-state index in [0.717, 1.165) is 24.2 Å². The smallest absolute Gasteiger partial charge is 0.158 e. The van der Waals surface area contributed by atoms with Crippen molar-refractivity contribution in [3.8, 4) is 0 Å². The maximum atomic E-state index is 9.22. The van der Waals surface area contributed by atoms with E-state index in [0.29, 0.717) is 18.0 Å². The fourth-order valence-corrected chi connectivity index (χ4v) is 1.98. The first kappa shape index (κ1) is 13.1. The van der Waals surface area contributed by atoms with Crippen LogP contribution in [0, 0.1) is 0 Å². The minimum Gasteiger partial charge on any atom is -0.411 e. The van der Waals surface area contributed by atoms with Gasteiger partial charge in [-0.25, -0.2) is 4.98 Å². The molecule has 100 valence electrons. The van der Waals surface area contributed by atoms with Crippen molar-refractivity contribution in [2.45, 2.75) is 26.3 Å². The molecule has 0 unspecified atom stereocenters. The summed E-state index contributed by atoms with van der Waals surface area (Å²) in [5.74, 6) is 0.709. The molecule has 3 N–H and O–H groups in total. The zero-order valence-corrected chi connectivity index (χ0v) is 11.0. The summed E-state index contributed by atoms with van der Waals surface area (Å²) in [6, 6.07) is 7.52. The first-order valence-electron chi connectivity index (χ1n) is 6.31. The number of aromatic nitrogens is 2. The number of oxime groups is 1. The number of hydrogen-bond donors (Lipinski definition) is 2. The number of benzene rings is 1. The van der Waals surface area contributed by atoms with Crippen molar-refractivity contribution in [3.63, 3.8) is 0 Å². The molecule has 0 aliphatic heterocycles. The van der Waals surface area contributed by atoms with E-state index in [-0.39, 0.29) is 0 Å². The average Bonchev–Trinajstić information content (AvgIpc) is 2.87. The van der Waals surface area contributed by atoms with E-state index in [9.17, 15) is 5.21 Å². The Hall–Kier alpha value is -2.30. The number of imidazole rings is 1. The van der Waals surface area contributed by atoms with Crippen LogP contribution < -0.4 is 5.73 Å². The van der Waals surface area contributed by atoms with Gasteiger partial charge in [-0.05, 0) is 24.1 Å². The van der Waals surface area contributed by atoms with Gasteiger partial charge in [0.15, 0.2) is 5.82 Å². The first-order valence-corrected chi connectivity index (χ1v) is 6.31. The summed E-state index contributed by atoms with van der Waals surface area (Å²) in [6.07, 6.45) is 5.15. The van der Waals surface area contributed by atoms with Crippen molar-refractivity contribution in [3.05, 3.63) is 48.0 Å². The van der Waals surface area contributed by atoms with Gasteiger partial charge in [-0.2, -0.15) is 0 Å². The molecule has 0 spiro atoms. The minimum atomic E-state index is 0.525. The fourth-order valence-electron chi connectivity index (χ4n) is 1.98. The van der Waals surface area contributed by atoms with E-state index in [1.807, 2.05) is 35.0 Å². The summed E-state index contributed by atoms with van der Waals surface area (Å²) in [5, 5.41) is 12.6. The van der Waals surface area contributed by atoms with Crippen molar-refractivity contribution >= 4 is 11.4 Å². The zero-order chi connectivity index (χ0) is 13.7. The van der Waals surface area contributed by atoms with E-state index in [4.69, 9.17) is 5.73 Å². The highest BCUT2D eigenvalue weighted by Gasteiger charge is 2.12. The van der Waals surface area contributed by atoms with Crippen LogP contribution in [0.25, 0.3) is 0 Å². The van der Waals surface area contributed by atoms with E-state index in [1.54, 1.807) is 6.20 Å². The van der Waals surface area contributed by atoms with Gasteiger partial charge in [0, 0.05) is 31.0 Å². The molecule has 5 nitrogen and oxygen atoms in total. The Morgan fingerprint density at radius 2 is 2.11 bits per heavy atom. The van der Waals surface area contributed by atoms with Crippen LogP contribution in [-0.4, -0.2) is 20.5 Å². The van der Waals surface area contributed by atoms with Gasteiger partial charge in [0.2, 0.25) is 0 Å². The SMILES string of the molecule is CCCn1ccnc1C(Cc1ccc(N)cc1)=NO. The van der Waals surface area contributed by atoms with Gasteiger partial charge < -0.3 is 15.5 Å². The van der Waals surface area contributed by atoms with E-state index >= 15 is 0 Å². The largest absolute Gasteiger partial charge is 0.411 e. The van der Waals surface area contributed by atoms with Gasteiger partial charge in [-0.15, -0.1) is 0 Å². The monoisotopic (exact) mass is 258 g/mol. The number of hydrogen-bond acceptors (Lipinski definition) is 4. The number of rotatable bonds is 5. The summed E-state index contributed by atoms with van der Waals surface area (Å²) in [4.78, 5) is 4.27. The molecule has 1 aromatic heterocycles. The molecular formula is C14H18N4O. The molecule has 0 bridgehead atoms. The third-order valence-electron chi connectivity index (χ3n) is 2.91. The number of nitrogens with two attached hydrogens (primary N) is 1. The molecule has 0 radical (unpaired) electrons. The van der Waals surface area contributed by atoms with Crippen LogP contribution in [-0.2, 0) is 13.0 Å². The van der Waals surface area contributed by atoms with E-state index in [1.165, 1.54) is 0 Å². The third-order valence-corrected chi connectivity index (χ3v) is 2.91. The molecule has 1 aromatic carbocycles. The van der Waals surface area contributed by atoms with Crippen LogP contribution in [0.1, 0.15) is 24.7 Å². The van der Waals surface area contributed by atoms with Gasteiger partial charge in [0.1, 0.15) is 5.71 Å². The molecule has 0 amide bonds. The number of anilines is 1. The second-order valence-electron chi connectivity index (χ2n) is 4.41. The minimum absolute atomic E-state index is 0.525. The van der Waals surface area contributed by atoms with E-state index in [2.05, 4.69) is 17.1 Å². The van der Waals surface area contributed by atoms with Crippen molar-refractivity contribution in [1.82, 2.24) is 9.55 Å². The zero-order valence-electron chi connectivity index (χ0n) is 11.0. The van der Waals surface area contributed by atoms with Crippen LogP contribution in [0.4, 0.5) is 5.69 Å².